The monoisotopic (exact) mass is 267 g/mol. The zero-order valence-corrected chi connectivity index (χ0v) is 11.3. The van der Waals surface area contributed by atoms with Crippen molar-refractivity contribution in [2.75, 3.05) is 5.75 Å². The average molecular weight is 267 g/mol. The number of nitrogens with one attached hydrogen (secondary N) is 1. The lowest BCUT2D eigenvalue weighted by atomic mass is 9.99. The molecule has 1 aromatic rings. The van der Waals surface area contributed by atoms with Gasteiger partial charge in [0.25, 0.3) is 0 Å². The van der Waals surface area contributed by atoms with Crippen molar-refractivity contribution >= 4 is 23.6 Å². The van der Waals surface area contributed by atoms with Gasteiger partial charge in [-0.05, 0) is 25.5 Å². The van der Waals surface area contributed by atoms with Crippen LogP contribution in [0.25, 0.3) is 0 Å². The molecule has 1 aromatic carbocycles. The van der Waals surface area contributed by atoms with E-state index < -0.39 is 11.5 Å². The van der Waals surface area contributed by atoms with Crippen LogP contribution in [0.1, 0.15) is 20.3 Å². The Hall–Kier alpha value is -1.49. The number of amides is 1. The van der Waals surface area contributed by atoms with Gasteiger partial charge in [-0.3, -0.25) is 4.79 Å². The highest BCUT2D eigenvalue weighted by atomic mass is 32.2. The predicted molar refractivity (Wildman–Crippen MR) is 71.6 cm³/mol. The second-order valence-electron chi connectivity index (χ2n) is 4.23. The Morgan fingerprint density at radius 2 is 1.94 bits per heavy atom. The number of hydrogen-bond donors (Lipinski definition) is 2. The molecule has 4 nitrogen and oxygen atoms in total. The van der Waals surface area contributed by atoms with Crippen LogP contribution in [0.15, 0.2) is 35.2 Å². The first-order valence-corrected chi connectivity index (χ1v) is 6.62. The van der Waals surface area contributed by atoms with E-state index in [-0.39, 0.29) is 5.91 Å². The van der Waals surface area contributed by atoms with E-state index in [0.717, 1.165) is 4.90 Å². The molecule has 0 spiro atoms. The van der Waals surface area contributed by atoms with Crippen LogP contribution in [0, 0.1) is 0 Å². The van der Waals surface area contributed by atoms with Crippen molar-refractivity contribution in [3.05, 3.63) is 30.3 Å². The molecule has 98 valence electrons. The minimum absolute atomic E-state index is 0.329. The van der Waals surface area contributed by atoms with Gasteiger partial charge in [0, 0.05) is 17.6 Å². The van der Waals surface area contributed by atoms with Gasteiger partial charge in [0.1, 0.15) is 5.54 Å². The van der Waals surface area contributed by atoms with E-state index in [4.69, 9.17) is 5.11 Å². The van der Waals surface area contributed by atoms with Crippen molar-refractivity contribution in [1.82, 2.24) is 5.32 Å². The molecule has 5 heteroatoms. The summed E-state index contributed by atoms with van der Waals surface area (Å²) in [5.41, 5.74) is -1.20. The fourth-order valence-electron chi connectivity index (χ4n) is 1.50. The van der Waals surface area contributed by atoms with Crippen LogP contribution in [0.5, 0.6) is 0 Å². The zero-order valence-electron chi connectivity index (χ0n) is 10.5. The largest absolute Gasteiger partial charge is 0.480 e. The number of benzene rings is 1. The zero-order chi connectivity index (χ0) is 13.6. The number of carboxylic acid groups (broad SMARTS) is 1. The number of carbonyl (C=O) groups is 2. The van der Waals surface area contributed by atoms with E-state index in [0.29, 0.717) is 12.2 Å². The smallest absolute Gasteiger partial charge is 0.329 e. The Bertz CT molecular complexity index is 422. The minimum Gasteiger partial charge on any atom is -0.480 e. The molecule has 18 heavy (non-hydrogen) atoms. The lowest BCUT2D eigenvalue weighted by Crippen LogP contribution is -2.51. The van der Waals surface area contributed by atoms with Gasteiger partial charge in [-0.2, -0.15) is 0 Å². The van der Waals surface area contributed by atoms with Gasteiger partial charge in [0.15, 0.2) is 0 Å². The molecule has 1 unspecified atom stereocenters. The molecular formula is C13H17NO3S. The maximum Gasteiger partial charge on any atom is 0.329 e. The summed E-state index contributed by atoms with van der Waals surface area (Å²) in [5, 5.41) is 11.6. The molecule has 0 heterocycles. The normalized spacial score (nSPS) is 13.7. The minimum atomic E-state index is -1.20. The SMILES string of the molecule is CC(=O)NC(C)(CCSc1ccccc1)C(=O)O. The summed E-state index contributed by atoms with van der Waals surface area (Å²) < 4.78 is 0. The Labute approximate surface area is 111 Å². The molecule has 0 bridgehead atoms. The fourth-order valence-corrected chi connectivity index (χ4v) is 2.60. The van der Waals surface area contributed by atoms with E-state index in [9.17, 15) is 9.59 Å². The van der Waals surface area contributed by atoms with Crippen molar-refractivity contribution in [2.45, 2.75) is 30.7 Å². The number of carboxylic acids is 1. The summed E-state index contributed by atoms with van der Waals surface area (Å²) in [6.07, 6.45) is 0.376. The van der Waals surface area contributed by atoms with Crippen LogP contribution in [0.2, 0.25) is 0 Å². The Kier molecular flexibility index (Phi) is 5.22. The van der Waals surface area contributed by atoms with Gasteiger partial charge < -0.3 is 10.4 Å². The summed E-state index contributed by atoms with van der Waals surface area (Å²) in [7, 11) is 0. The summed E-state index contributed by atoms with van der Waals surface area (Å²) in [4.78, 5) is 23.3. The van der Waals surface area contributed by atoms with Gasteiger partial charge >= 0.3 is 5.97 Å². The topological polar surface area (TPSA) is 66.4 Å². The van der Waals surface area contributed by atoms with Gasteiger partial charge in [-0.1, -0.05) is 18.2 Å². The van der Waals surface area contributed by atoms with Crippen LogP contribution in [-0.2, 0) is 9.59 Å². The van der Waals surface area contributed by atoms with Crippen molar-refractivity contribution < 1.29 is 14.7 Å². The van der Waals surface area contributed by atoms with Gasteiger partial charge in [-0.25, -0.2) is 4.79 Å². The number of hydrogen-bond acceptors (Lipinski definition) is 3. The number of aliphatic carboxylic acids is 1. The van der Waals surface area contributed by atoms with Crippen LogP contribution in [0.4, 0.5) is 0 Å². The average Bonchev–Trinajstić information content (AvgIpc) is 2.29. The molecule has 0 fully saturated rings. The number of thioether (sulfide) groups is 1. The summed E-state index contributed by atoms with van der Waals surface area (Å²) in [6.45, 7) is 2.85. The second-order valence-corrected chi connectivity index (χ2v) is 5.40. The standard InChI is InChI=1S/C13H17NO3S/c1-10(15)14-13(2,12(16)17)8-9-18-11-6-4-3-5-7-11/h3-7H,8-9H2,1-2H3,(H,14,15)(H,16,17). The molecule has 0 radical (unpaired) electrons. The van der Waals surface area contributed by atoms with Crippen molar-refractivity contribution in [3.63, 3.8) is 0 Å². The predicted octanol–water partition coefficient (Wildman–Crippen LogP) is 2.15. The Morgan fingerprint density at radius 1 is 1.33 bits per heavy atom. The maximum absolute atomic E-state index is 11.2. The molecule has 1 rings (SSSR count). The van der Waals surface area contributed by atoms with Gasteiger partial charge in [-0.15, -0.1) is 11.8 Å². The Morgan fingerprint density at radius 3 is 2.44 bits per heavy atom. The summed E-state index contributed by atoms with van der Waals surface area (Å²) in [5.74, 6) is -0.705. The first-order chi connectivity index (χ1) is 8.44. The third kappa shape index (κ3) is 4.41. The van der Waals surface area contributed by atoms with E-state index in [2.05, 4.69) is 5.32 Å². The Balaban J connectivity index is 2.53. The molecule has 0 aromatic heterocycles. The van der Waals surface area contributed by atoms with Crippen LogP contribution >= 0.6 is 11.8 Å². The van der Waals surface area contributed by atoms with Crippen molar-refractivity contribution in [2.24, 2.45) is 0 Å². The lowest BCUT2D eigenvalue weighted by molar-refractivity contribution is -0.146. The molecular weight excluding hydrogens is 250 g/mol. The van der Waals surface area contributed by atoms with Crippen molar-refractivity contribution in [3.8, 4) is 0 Å². The first kappa shape index (κ1) is 14.6. The highest BCUT2D eigenvalue weighted by molar-refractivity contribution is 7.99. The molecule has 0 aliphatic rings. The third-order valence-electron chi connectivity index (χ3n) is 2.54. The van der Waals surface area contributed by atoms with E-state index >= 15 is 0 Å². The molecule has 1 amide bonds. The molecule has 0 saturated heterocycles. The van der Waals surface area contributed by atoms with Crippen molar-refractivity contribution in [1.29, 1.82) is 0 Å². The molecule has 2 N–H and O–H groups in total. The maximum atomic E-state index is 11.2. The molecule has 0 aliphatic heterocycles. The van der Waals surface area contributed by atoms with E-state index in [1.807, 2.05) is 30.3 Å². The number of rotatable bonds is 6. The fraction of sp³-hybridized carbons (Fsp3) is 0.385. The van der Waals surface area contributed by atoms with Gasteiger partial charge in [0.05, 0.1) is 0 Å². The highest BCUT2D eigenvalue weighted by Gasteiger charge is 2.33. The lowest BCUT2D eigenvalue weighted by Gasteiger charge is -2.25. The molecule has 1 atom stereocenters. The molecule has 0 saturated carbocycles. The first-order valence-electron chi connectivity index (χ1n) is 5.64. The summed E-state index contributed by atoms with van der Waals surface area (Å²) in [6, 6.07) is 9.75. The van der Waals surface area contributed by atoms with Crippen LogP contribution in [0.3, 0.4) is 0 Å². The quantitative estimate of drug-likeness (QED) is 0.775. The van der Waals surface area contributed by atoms with E-state index in [1.165, 1.54) is 13.8 Å². The number of carbonyl (C=O) groups excluding carboxylic acids is 1. The highest BCUT2D eigenvalue weighted by Crippen LogP contribution is 2.21. The third-order valence-corrected chi connectivity index (χ3v) is 3.55. The van der Waals surface area contributed by atoms with Gasteiger partial charge in [0.2, 0.25) is 5.91 Å². The molecule has 0 aliphatic carbocycles. The summed E-state index contributed by atoms with van der Waals surface area (Å²) >= 11 is 1.58. The van der Waals surface area contributed by atoms with Crippen LogP contribution in [-0.4, -0.2) is 28.3 Å². The second kappa shape index (κ2) is 6.44. The van der Waals surface area contributed by atoms with E-state index in [1.54, 1.807) is 11.8 Å². The van der Waals surface area contributed by atoms with Crippen LogP contribution < -0.4 is 5.32 Å².